The molecule has 0 atom stereocenters. The van der Waals surface area contributed by atoms with Gasteiger partial charge in [0, 0.05) is 6.54 Å². The first-order valence-corrected chi connectivity index (χ1v) is 9.73. The van der Waals surface area contributed by atoms with Crippen molar-refractivity contribution in [2.24, 2.45) is 0 Å². The van der Waals surface area contributed by atoms with Gasteiger partial charge in [-0.1, -0.05) is 31.5 Å². The molecule has 0 unspecified atom stereocenters. The molecule has 7 heteroatoms. The fraction of sp³-hybridized carbons (Fsp3) is 0.304. The molecule has 2 amide bonds. The van der Waals surface area contributed by atoms with E-state index in [-0.39, 0.29) is 29.7 Å². The first-order valence-electron chi connectivity index (χ1n) is 9.73. The standard InChI is InChI=1S/C23H27FN2O4/c1-4-5-12-25-23(28)19(13-17-8-11-20(29-2)21(14-17)30-3)26-22(27)15-16-6-9-18(24)10-7-16/h6-11,13-14H,4-5,12,15H2,1-3H3,(H,25,28)(H,26,27)/b19-13-. The maximum atomic E-state index is 13.1. The van der Waals surface area contributed by atoms with Crippen LogP contribution in [-0.4, -0.2) is 32.6 Å². The van der Waals surface area contributed by atoms with Gasteiger partial charge < -0.3 is 20.1 Å². The molecule has 0 aliphatic carbocycles. The van der Waals surface area contributed by atoms with Crippen LogP contribution in [-0.2, 0) is 16.0 Å². The van der Waals surface area contributed by atoms with Gasteiger partial charge in [-0.15, -0.1) is 0 Å². The number of nitrogens with one attached hydrogen (secondary N) is 2. The Morgan fingerprint density at radius 3 is 2.37 bits per heavy atom. The maximum Gasteiger partial charge on any atom is 0.267 e. The van der Waals surface area contributed by atoms with Crippen molar-refractivity contribution in [2.45, 2.75) is 26.2 Å². The number of amides is 2. The summed E-state index contributed by atoms with van der Waals surface area (Å²) in [7, 11) is 3.06. The number of hydrogen-bond donors (Lipinski definition) is 2. The summed E-state index contributed by atoms with van der Waals surface area (Å²) < 4.78 is 23.6. The largest absolute Gasteiger partial charge is 0.493 e. The Bertz CT molecular complexity index is 895. The van der Waals surface area contributed by atoms with E-state index >= 15 is 0 Å². The number of methoxy groups -OCH3 is 2. The van der Waals surface area contributed by atoms with Crippen LogP contribution < -0.4 is 20.1 Å². The van der Waals surface area contributed by atoms with Gasteiger partial charge in [0.1, 0.15) is 11.5 Å². The van der Waals surface area contributed by atoms with Crippen LogP contribution in [0.2, 0.25) is 0 Å². The van der Waals surface area contributed by atoms with Crippen molar-refractivity contribution in [1.82, 2.24) is 10.6 Å². The third-order valence-corrected chi connectivity index (χ3v) is 4.33. The van der Waals surface area contributed by atoms with Crippen LogP contribution in [0.5, 0.6) is 11.5 Å². The molecule has 0 aliphatic rings. The maximum absolute atomic E-state index is 13.1. The van der Waals surface area contributed by atoms with Crippen LogP contribution in [0.3, 0.4) is 0 Å². The molecule has 30 heavy (non-hydrogen) atoms. The summed E-state index contributed by atoms with van der Waals surface area (Å²) in [6.07, 6.45) is 3.36. The SMILES string of the molecule is CCCCNC(=O)/C(=C/c1ccc(OC)c(OC)c1)NC(=O)Cc1ccc(F)cc1. The highest BCUT2D eigenvalue weighted by Gasteiger charge is 2.14. The summed E-state index contributed by atoms with van der Waals surface area (Å²) in [5.41, 5.74) is 1.42. The van der Waals surface area contributed by atoms with E-state index in [0.29, 0.717) is 29.2 Å². The third-order valence-electron chi connectivity index (χ3n) is 4.33. The van der Waals surface area contributed by atoms with Gasteiger partial charge in [-0.2, -0.15) is 0 Å². The zero-order chi connectivity index (χ0) is 21.9. The highest BCUT2D eigenvalue weighted by atomic mass is 19.1. The molecule has 160 valence electrons. The van der Waals surface area contributed by atoms with E-state index in [1.807, 2.05) is 6.92 Å². The Labute approximate surface area is 176 Å². The van der Waals surface area contributed by atoms with Crippen LogP contribution in [0.25, 0.3) is 6.08 Å². The number of carbonyl (C=O) groups is 2. The molecule has 0 fully saturated rings. The molecule has 2 N–H and O–H groups in total. The summed E-state index contributed by atoms with van der Waals surface area (Å²) >= 11 is 0. The van der Waals surface area contributed by atoms with E-state index in [1.165, 1.54) is 38.5 Å². The van der Waals surface area contributed by atoms with Gasteiger partial charge in [-0.25, -0.2) is 4.39 Å². The number of ether oxygens (including phenoxy) is 2. The molecule has 2 aromatic rings. The molecular formula is C23H27FN2O4. The lowest BCUT2D eigenvalue weighted by Gasteiger charge is -2.12. The first kappa shape index (κ1) is 22.9. The molecule has 0 heterocycles. The van der Waals surface area contributed by atoms with Crippen LogP contribution in [0.4, 0.5) is 4.39 Å². The lowest BCUT2D eigenvalue weighted by Crippen LogP contribution is -2.35. The van der Waals surface area contributed by atoms with Crippen molar-refractivity contribution >= 4 is 17.9 Å². The van der Waals surface area contributed by atoms with E-state index in [1.54, 1.807) is 24.3 Å². The van der Waals surface area contributed by atoms with Gasteiger partial charge in [0.05, 0.1) is 20.6 Å². The number of benzene rings is 2. The van der Waals surface area contributed by atoms with Crippen molar-refractivity contribution in [3.05, 3.63) is 65.1 Å². The highest BCUT2D eigenvalue weighted by molar-refractivity contribution is 6.01. The van der Waals surface area contributed by atoms with Crippen LogP contribution in [0.15, 0.2) is 48.2 Å². The normalized spacial score (nSPS) is 11.0. The zero-order valence-electron chi connectivity index (χ0n) is 17.5. The summed E-state index contributed by atoms with van der Waals surface area (Å²) in [4.78, 5) is 25.1. The Hall–Kier alpha value is -3.35. The number of carbonyl (C=O) groups excluding carboxylic acids is 2. The number of halogens is 1. The molecule has 0 saturated carbocycles. The minimum Gasteiger partial charge on any atom is -0.493 e. The topological polar surface area (TPSA) is 76.7 Å². The Morgan fingerprint density at radius 1 is 1.03 bits per heavy atom. The average Bonchev–Trinajstić information content (AvgIpc) is 2.74. The summed E-state index contributed by atoms with van der Waals surface area (Å²) in [5.74, 6) is -0.0632. The van der Waals surface area contributed by atoms with E-state index < -0.39 is 0 Å². The summed E-state index contributed by atoms with van der Waals surface area (Å²) in [6.45, 7) is 2.53. The molecule has 0 aliphatic heterocycles. The fourth-order valence-electron chi connectivity index (χ4n) is 2.72. The van der Waals surface area contributed by atoms with Crippen LogP contribution in [0.1, 0.15) is 30.9 Å². The molecular weight excluding hydrogens is 387 g/mol. The minimum atomic E-state index is -0.384. The number of rotatable bonds is 10. The van der Waals surface area contributed by atoms with Crippen molar-refractivity contribution in [2.75, 3.05) is 20.8 Å². The first-order chi connectivity index (χ1) is 14.5. The second-order valence-electron chi connectivity index (χ2n) is 6.63. The van der Waals surface area contributed by atoms with Gasteiger partial charge in [0.2, 0.25) is 5.91 Å². The van der Waals surface area contributed by atoms with Crippen LogP contribution in [0, 0.1) is 5.82 Å². The Kier molecular flexibility index (Phi) is 8.87. The molecule has 0 radical (unpaired) electrons. The second kappa shape index (κ2) is 11.6. The minimum absolute atomic E-state index is 0.0196. The third kappa shape index (κ3) is 6.92. The predicted octanol–water partition coefficient (Wildman–Crippen LogP) is 3.46. The van der Waals surface area contributed by atoms with Gasteiger partial charge in [-0.3, -0.25) is 9.59 Å². The molecule has 0 aromatic heterocycles. The van der Waals surface area contributed by atoms with Crippen molar-refractivity contribution in [3.8, 4) is 11.5 Å². The lowest BCUT2D eigenvalue weighted by molar-refractivity contribution is -0.123. The second-order valence-corrected chi connectivity index (χ2v) is 6.63. The lowest BCUT2D eigenvalue weighted by atomic mass is 10.1. The number of unbranched alkanes of at least 4 members (excludes halogenated alkanes) is 1. The zero-order valence-corrected chi connectivity index (χ0v) is 17.5. The summed E-state index contributed by atoms with van der Waals surface area (Å²) in [5, 5.41) is 5.47. The fourth-order valence-corrected chi connectivity index (χ4v) is 2.72. The van der Waals surface area contributed by atoms with Crippen molar-refractivity contribution in [3.63, 3.8) is 0 Å². The van der Waals surface area contributed by atoms with Crippen molar-refractivity contribution < 1.29 is 23.5 Å². The summed E-state index contributed by atoms with van der Waals surface area (Å²) in [6, 6.07) is 10.8. The quantitative estimate of drug-likeness (QED) is 0.461. The van der Waals surface area contributed by atoms with E-state index in [0.717, 1.165) is 12.8 Å². The highest BCUT2D eigenvalue weighted by Crippen LogP contribution is 2.28. The van der Waals surface area contributed by atoms with Crippen molar-refractivity contribution in [1.29, 1.82) is 0 Å². The van der Waals surface area contributed by atoms with E-state index in [9.17, 15) is 14.0 Å². The van der Waals surface area contributed by atoms with Gasteiger partial charge in [-0.05, 0) is 47.9 Å². The molecule has 0 bridgehead atoms. The van der Waals surface area contributed by atoms with E-state index in [4.69, 9.17) is 9.47 Å². The van der Waals surface area contributed by atoms with Crippen LogP contribution >= 0.6 is 0 Å². The van der Waals surface area contributed by atoms with Gasteiger partial charge in [0.25, 0.3) is 5.91 Å². The Balaban J connectivity index is 2.22. The monoisotopic (exact) mass is 414 g/mol. The smallest absolute Gasteiger partial charge is 0.267 e. The predicted molar refractivity (Wildman–Crippen MR) is 114 cm³/mol. The Morgan fingerprint density at radius 2 is 1.73 bits per heavy atom. The average molecular weight is 414 g/mol. The molecule has 2 aromatic carbocycles. The molecule has 6 nitrogen and oxygen atoms in total. The molecule has 0 spiro atoms. The van der Waals surface area contributed by atoms with Gasteiger partial charge in [0.15, 0.2) is 11.5 Å². The molecule has 2 rings (SSSR count). The molecule has 0 saturated heterocycles. The number of hydrogen-bond acceptors (Lipinski definition) is 4. The van der Waals surface area contributed by atoms with E-state index in [2.05, 4.69) is 10.6 Å². The van der Waals surface area contributed by atoms with Gasteiger partial charge >= 0.3 is 0 Å².